The van der Waals surface area contributed by atoms with Crippen LogP contribution in [-0.2, 0) is 4.74 Å². The molecule has 0 amide bonds. The summed E-state index contributed by atoms with van der Waals surface area (Å²) < 4.78 is 16.3. The van der Waals surface area contributed by atoms with Gasteiger partial charge in [-0.05, 0) is 25.5 Å². The highest BCUT2D eigenvalue weighted by molar-refractivity contribution is 5.42. The second-order valence-electron chi connectivity index (χ2n) is 6.83. The van der Waals surface area contributed by atoms with E-state index in [0.29, 0.717) is 19.1 Å². The first-order chi connectivity index (χ1) is 12.2. The number of β-amino-alcohol motifs (C(OH)–C–C–N with tert-alkyl or cyclic N) is 1. The van der Waals surface area contributed by atoms with Crippen molar-refractivity contribution in [3.63, 3.8) is 0 Å². The van der Waals surface area contributed by atoms with Gasteiger partial charge in [0.1, 0.15) is 11.5 Å². The molecule has 2 saturated heterocycles. The maximum absolute atomic E-state index is 10.6. The topological polar surface area (TPSA) is 54.4 Å². The van der Waals surface area contributed by atoms with Crippen LogP contribution in [-0.4, -0.2) is 81.2 Å². The molecule has 6 heteroatoms. The van der Waals surface area contributed by atoms with Gasteiger partial charge in [0, 0.05) is 43.9 Å². The number of likely N-dealkylation sites (tertiary alicyclic amines) is 1. The van der Waals surface area contributed by atoms with Gasteiger partial charge in [-0.3, -0.25) is 9.80 Å². The lowest BCUT2D eigenvalue weighted by Crippen LogP contribution is -2.44. The molecule has 0 aliphatic carbocycles. The lowest BCUT2D eigenvalue weighted by atomic mass is 10.0. The van der Waals surface area contributed by atoms with Crippen LogP contribution < -0.4 is 9.47 Å². The fourth-order valence-electron chi connectivity index (χ4n) is 3.90. The molecule has 0 bridgehead atoms. The molecular weight excluding hydrogens is 320 g/mol. The summed E-state index contributed by atoms with van der Waals surface area (Å²) in [4.78, 5) is 4.67. The Kier molecular flexibility index (Phi) is 6.53. The Labute approximate surface area is 150 Å². The monoisotopic (exact) mass is 350 g/mol. The zero-order valence-corrected chi connectivity index (χ0v) is 15.3. The third-order valence-electron chi connectivity index (χ3n) is 5.18. The van der Waals surface area contributed by atoms with Gasteiger partial charge < -0.3 is 19.3 Å². The number of morpholine rings is 1. The van der Waals surface area contributed by atoms with Crippen LogP contribution in [0.4, 0.5) is 0 Å². The van der Waals surface area contributed by atoms with Gasteiger partial charge in [-0.25, -0.2) is 0 Å². The van der Waals surface area contributed by atoms with Crippen LogP contribution in [0.15, 0.2) is 18.2 Å². The summed E-state index contributed by atoms with van der Waals surface area (Å²) in [5, 5.41) is 10.6. The molecule has 3 rings (SSSR count). The molecule has 0 unspecified atom stereocenters. The van der Waals surface area contributed by atoms with Gasteiger partial charge in [-0.1, -0.05) is 6.07 Å². The van der Waals surface area contributed by atoms with Gasteiger partial charge >= 0.3 is 0 Å². The Balaban J connectivity index is 1.64. The van der Waals surface area contributed by atoms with Gasteiger partial charge in [0.05, 0.1) is 33.5 Å². The van der Waals surface area contributed by atoms with Gasteiger partial charge in [0.2, 0.25) is 0 Å². The van der Waals surface area contributed by atoms with Crippen molar-refractivity contribution < 1.29 is 19.3 Å². The summed E-state index contributed by atoms with van der Waals surface area (Å²) in [5.41, 5.74) is 1.18. The number of nitrogens with zero attached hydrogens (tertiary/aromatic N) is 2. The molecule has 2 aliphatic heterocycles. The Morgan fingerprint density at radius 2 is 1.96 bits per heavy atom. The molecule has 2 heterocycles. The molecule has 25 heavy (non-hydrogen) atoms. The predicted molar refractivity (Wildman–Crippen MR) is 96.4 cm³/mol. The van der Waals surface area contributed by atoms with E-state index in [9.17, 15) is 5.11 Å². The molecule has 0 radical (unpaired) electrons. The molecule has 140 valence electrons. The fourth-order valence-corrected chi connectivity index (χ4v) is 3.90. The van der Waals surface area contributed by atoms with Crippen LogP contribution in [0, 0.1) is 0 Å². The van der Waals surface area contributed by atoms with Crippen LogP contribution in [0.2, 0.25) is 0 Å². The van der Waals surface area contributed by atoms with E-state index in [-0.39, 0.29) is 6.10 Å². The van der Waals surface area contributed by atoms with Crippen molar-refractivity contribution in [1.82, 2.24) is 9.80 Å². The predicted octanol–water partition coefficient (Wildman–Crippen LogP) is 1.53. The number of benzene rings is 1. The summed E-state index contributed by atoms with van der Waals surface area (Å²) >= 11 is 0. The van der Waals surface area contributed by atoms with E-state index in [1.807, 2.05) is 12.1 Å². The number of hydrogen-bond acceptors (Lipinski definition) is 6. The van der Waals surface area contributed by atoms with E-state index in [2.05, 4.69) is 15.9 Å². The Bertz CT molecular complexity index is 548. The summed E-state index contributed by atoms with van der Waals surface area (Å²) in [6.07, 6.45) is 1.89. The molecule has 6 nitrogen and oxygen atoms in total. The molecule has 1 N–H and O–H groups in total. The van der Waals surface area contributed by atoms with E-state index in [4.69, 9.17) is 14.2 Å². The second kappa shape index (κ2) is 8.85. The number of aliphatic hydroxyl groups excluding tert-OH is 1. The Morgan fingerprint density at radius 3 is 2.68 bits per heavy atom. The van der Waals surface area contributed by atoms with Gasteiger partial charge in [0.15, 0.2) is 0 Å². The molecule has 2 atom stereocenters. The average molecular weight is 350 g/mol. The van der Waals surface area contributed by atoms with Crippen molar-refractivity contribution in [2.75, 3.05) is 60.2 Å². The van der Waals surface area contributed by atoms with Crippen molar-refractivity contribution in [3.05, 3.63) is 23.8 Å². The van der Waals surface area contributed by atoms with Crippen LogP contribution in [0.3, 0.4) is 0 Å². The third-order valence-corrected chi connectivity index (χ3v) is 5.18. The third kappa shape index (κ3) is 4.64. The fraction of sp³-hybridized carbons (Fsp3) is 0.684. The number of ether oxygens (including phenoxy) is 3. The van der Waals surface area contributed by atoms with E-state index in [0.717, 1.165) is 57.2 Å². The van der Waals surface area contributed by atoms with Crippen molar-refractivity contribution in [1.29, 1.82) is 0 Å². The Hall–Kier alpha value is -1.34. The standard InChI is InChI=1S/C19H30N2O4/c1-23-16-5-6-17(19(12-16)24-2)18-4-3-7-21(18)14-15(22)13-20-8-10-25-11-9-20/h5-6,12,15,18,22H,3-4,7-11,13-14H2,1-2H3/t15-,18+/m0/s1. The van der Waals surface area contributed by atoms with Crippen LogP contribution in [0.25, 0.3) is 0 Å². The molecular formula is C19H30N2O4. The largest absolute Gasteiger partial charge is 0.497 e. The first-order valence-corrected chi connectivity index (χ1v) is 9.15. The van der Waals surface area contributed by atoms with E-state index >= 15 is 0 Å². The molecule has 2 fully saturated rings. The number of methoxy groups -OCH3 is 2. The lowest BCUT2D eigenvalue weighted by Gasteiger charge is -2.32. The van der Waals surface area contributed by atoms with E-state index in [1.165, 1.54) is 5.56 Å². The Morgan fingerprint density at radius 1 is 1.16 bits per heavy atom. The smallest absolute Gasteiger partial charge is 0.127 e. The zero-order valence-electron chi connectivity index (χ0n) is 15.3. The number of hydrogen-bond donors (Lipinski definition) is 1. The summed E-state index contributed by atoms with van der Waals surface area (Å²) in [7, 11) is 3.36. The van der Waals surface area contributed by atoms with Crippen molar-refractivity contribution in [2.45, 2.75) is 25.0 Å². The van der Waals surface area contributed by atoms with Gasteiger partial charge in [0.25, 0.3) is 0 Å². The summed E-state index contributed by atoms with van der Waals surface area (Å²) in [6, 6.07) is 6.31. The molecule has 0 aromatic heterocycles. The lowest BCUT2D eigenvalue weighted by molar-refractivity contribution is 0.00578. The maximum Gasteiger partial charge on any atom is 0.127 e. The quantitative estimate of drug-likeness (QED) is 0.805. The van der Waals surface area contributed by atoms with E-state index in [1.54, 1.807) is 14.2 Å². The molecule has 1 aromatic carbocycles. The zero-order chi connectivity index (χ0) is 17.6. The van der Waals surface area contributed by atoms with Crippen molar-refractivity contribution >= 4 is 0 Å². The normalized spacial score (nSPS) is 23.6. The van der Waals surface area contributed by atoms with Crippen molar-refractivity contribution in [3.8, 4) is 11.5 Å². The van der Waals surface area contributed by atoms with Crippen LogP contribution in [0.1, 0.15) is 24.4 Å². The van der Waals surface area contributed by atoms with Crippen molar-refractivity contribution in [2.24, 2.45) is 0 Å². The number of rotatable bonds is 7. The molecule has 0 saturated carbocycles. The SMILES string of the molecule is COc1ccc([C@H]2CCCN2C[C@@H](O)CN2CCOCC2)c(OC)c1. The molecule has 1 aromatic rings. The highest BCUT2D eigenvalue weighted by Crippen LogP contribution is 2.38. The van der Waals surface area contributed by atoms with E-state index < -0.39 is 0 Å². The van der Waals surface area contributed by atoms with Crippen LogP contribution >= 0.6 is 0 Å². The molecule has 0 spiro atoms. The minimum atomic E-state index is -0.344. The average Bonchev–Trinajstić information content (AvgIpc) is 3.09. The minimum absolute atomic E-state index is 0.292. The minimum Gasteiger partial charge on any atom is -0.497 e. The highest BCUT2D eigenvalue weighted by atomic mass is 16.5. The highest BCUT2D eigenvalue weighted by Gasteiger charge is 2.30. The maximum atomic E-state index is 10.6. The number of aliphatic hydroxyl groups is 1. The van der Waals surface area contributed by atoms with Crippen LogP contribution in [0.5, 0.6) is 11.5 Å². The van der Waals surface area contributed by atoms with Gasteiger partial charge in [-0.15, -0.1) is 0 Å². The van der Waals surface area contributed by atoms with Gasteiger partial charge in [-0.2, -0.15) is 0 Å². The first-order valence-electron chi connectivity index (χ1n) is 9.15. The first kappa shape index (κ1) is 18.5. The second-order valence-corrected chi connectivity index (χ2v) is 6.83. The molecule has 2 aliphatic rings. The summed E-state index contributed by atoms with van der Waals surface area (Å²) in [5.74, 6) is 1.66. The summed E-state index contributed by atoms with van der Waals surface area (Å²) in [6.45, 7) is 5.77.